The first-order chi connectivity index (χ1) is 24.3. The number of aromatic nitrogens is 7. The van der Waals surface area contributed by atoms with Crippen molar-refractivity contribution in [2.45, 2.75) is 56.1 Å². The van der Waals surface area contributed by atoms with Crippen molar-refractivity contribution < 1.29 is 26.2 Å². The Morgan fingerprint density at radius 2 is 1.86 bits per heavy atom. The molecule has 3 heterocycles. The van der Waals surface area contributed by atoms with Gasteiger partial charge in [-0.2, -0.15) is 10.3 Å². The van der Waals surface area contributed by atoms with Crippen LogP contribution >= 0.6 is 11.6 Å². The fourth-order valence-electron chi connectivity index (χ4n) is 5.40. The maximum absolute atomic E-state index is 14.1. The van der Waals surface area contributed by atoms with Gasteiger partial charge in [0, 0.05) is 36.9 Å². The molecule has 51 heavy (non-hydrogen) atoms. The number of nitrogens with one attached hydrogen (secondary N) is 3. The smallest absolute Gasteiger partial charge is 0.207 e. The highest BCUT2D eigenvalue weighted by atomic mass is 35.5. The Kier molecular flexibility index (Phi) is 11.8. The van der Waals surface area contributed by atoms with Crippen molar-refractivity contribution in [3.63, 3.8) is 0 Å². The monoisotopic (exact) mass is 757 g/mol. The number of sulfone groups is 1. The molecule has 0 spiro atoms. The SMILES string of the molecule is CC(C#Cc1ccc(-c2ccc(Cl)c3c(NS(C)=O)nn(C)c23)c(C(Cc2cc(F)cc(F)c2)NC=O)n1)S(=O)(=O)C1CC1.CCc1nn[nH]n1. The van der Waals surface area contributed by atoms with Crippen LogP contribution < -0.4 is 10.0 Å². The van der Waals surface area contributed by atoms with E-state index >= 15 is 0 Å². The van der Waals surface area contributed by atoms with Gasteiger partial charge >= 0.3 is 0 Å². The lowest BCUT2D eigenvalue weighted by Gasteiger charge is -2.20. The van der Waals surface area contributed by atoms with Crippen molar-refractivity contribution in [1.82, 2.24) is 40.7 Å². The molecule has 1 aliphatic carbocycles. The molecule has 18 heteroatoms. The Morgan fingerprint density at radius 3 is 2.45 bits per heavy atom. The largest absolute Gasteiger partial charge is 0.350 e. The molecule has 1 aliphatic rings. The van der Waals surface area contributed by atoms with E-state index in [1.54, 1.807) is 36.0 Å². The Hall–Kier alpha value is -4.79. The maximum atomic E-state index is 14.1. The first-order valence-corrected chi connectivity index (χ1v) is 19.2. The average molecular weight is 758 g/mol. The standard InChI is InChI=1S/C30H28ClF2N5O4S2.C3H6N4/c1-17(44(41,42)22-7-8-22)4-5-21-6-9-23(24-10-11-25(31)27-29(24)38(2)36-30(27)37-43(3)40)28(35-21)26(34-16-39)14-18-12-19(32)15-20(33)13-18;1-2-3-4-6-7-5-3/h6,9-13,15-17,22,26H,7-8,14H2,1-3H3,(H,34,39)(H,36,37);2H2,1H3,(H,4,5,6,7). The van der Waals surface area contributed by atoms with E-state index in [1.807, 2.05) is 6.92 Å². The van der Waals surface area contributed by atoms with Crippen molar-refractivity contribution >= 4 is 55.6 Å². The molecule has 5 aromatic rings. The molecule has 0 bridgehead atoms. The zero-order chi connectivity index (χ0) is 36.9. The van der Waals surface area contributed by atoms with Crippen LogP contribution in [-0.4, -0.2) is 71.2 Å². The number of nitrogens with zero attached hydrogens (tertiary/aromatic N) is 6. The number of tetrazole rings is 1. The highest BCUT2D eigenvalue weighted by Gasteiger charge is 2.38. The van der Waals surface area contributed by atoms with Crippen LogP contribution in [0, 0.1) is 23.5 Å². The van der Waals surface area contributed by atoms with Crippen LogP contribution in [0.5, 0.6) is 0 Å². The molecule has 0 aliphatic heterocycles. The number of aryl methyl sites for hydroxylation is 2. The van der Waals surface area contributed by atoms with Gasteiger partial charge in [-0.05, 0) is 68.0 Å². The van der Waals surface area contributed by atoms with Gasteiger partial charge in [0.25, 0.3) is 0 Å². The number of anilines is 1. The van der Waals surface area contributed by atoms with E-state index in [2.05, 4.69) is 47.6 Å². The first-order valence-electron chi connectivity index (χ1n) is 15.7. The summed E-state index contributed by atoms with van der Waals surface area (Å²) in [7, 11) is -3.14. The molecule has 0 saturated heterocycles. The van der Waals surface area contributed by atoms with Gasteiger partial charge in [-0.25, -0.2) is 26.4 Å². The summed E-state index contributed by atoms with van der Waals surface area (Å²) < 4.78 is 69.8. The second kappa shape index (κ2) is 16.0. The van der Waals surface area contributed by atoms with Gasteiger partial charge in [0.05, 0.1) is 32.9 Å². The summed E-state index contributed by atoms with van der Waals surface area (Å²) in [6.45, 7) is 3.51. The lowest BCUT2D eigenvalue weighted by Crippen LogP contribution is -2.24. The first kappa shape index (κ1) is 37.5. The van der Waals surface area contributed by atoms with Crippen LogP contribution in [0.15, 0.2) is 42.5 Å². The van der Waals surface area contributed by atoms with Crippen LogP contribution in [0.4, 0.5) is 14.6 Å². The molecule has 3 N–H and O–H groups in total. The van der Waals surface area contributed by atoms with Gasteiger partial charge in [0.15, 0.2) is 21.5 Å². The number of hydrogen-bond donors (Lipinski definition) is 3. The van der Waals surface area contributed by atoms with E-state index in [0.29, 0.717) is 57.8 Å². The van der Waals surface area contributed by atoms with Crippen molar-refractivity contribution in [2.24, 2.45) is 7.05 Å². The molecule has 268 valence electrons. The predicted octanol–water partition coefficient (Wildman–Crippen LogP) is 4.38. The number of amides is 1. The second-order valence-corrected chi connectivity index (χ2v) is 15.7. The van der Waals surface area contributed by atoms with E-state index in [-0.39, 0.29) is 22.9 Å². The van der Waals surface area contributed by atoms with Gasteiger partial charge in [-0.15, -0.1) is 10.2 Å². The summed E-state index contributed by atoms with van der Waals surface area (Å²) in [6.07, 6.45) is 3.99. The minimum Gasteiger partial charge on any atom is -0.350 e. The highest BCUT2D eigenvalue weighted by Crippen LogP contribution is 2.39. The molecule has 3 unspecified atom stereocenters. The van der Waals surface area contributed by atoms with Crippen LogP contribution in [0.1, 0.15) is 55.5 Å². The van der Waals surface area contributed by atoms with Gasteiger partial charge in [-0.1, -0.05) is 35.7 Å². The molecule has 3 aromatic heterocycles. The lowest BCUT2D eigenvalue weighted by atomic mass is 9.94. The molecular weight excluding hydrogens is 724 g/mol. The van der Waals surface area contributed by atoms with Crippen molar-refractivity contribution in [3.05, 3.63) is 81.9 Å². The molecule has 3 atom stereocenters. The second-order valence-electron chi connectivity index (χ2n) is 11.7. The number of halogens is 3. The summed E-state index contributed by atoms with van der Waals surface area (Å²) in [5.74, 6) is 5.17. The third-order valence-electron chi connectivity index (χ3n) is 7.94. The summed E-state index contributed by atoms with van der Waals surface area (Å²) >= 11 is 6.56. The van der Waals surface area contributed by atoms with E-state index in [0.717, 1.165) is 18.3 Å². The number of pyridine rings is 1. The summed E-state index contributed by atoms with van der Waals surface area (Å²) in [6, 6.07) is 8.95. The number of fused-ring (bicyclic) bond motifs is 1. The van der Waals surface area contributed by atoms with Crippen LogP contribution in [-0.2, 0) is 45.5 Å². The van der Waals surface area contributed by atoms with Crippen LogP contribution in [0.2, 0.25) is 5.02 Å². The van der Waals surface area contributed by atoms with Gasteiger partial charge < -0.3 is 5.32 Å². The number of aromatic amines is 1. The van der Waals surface area contributed by atoms with Crippen LogP contribution in [0.25, 0.3) is 22.0 Å². The Balaban J connectivity index is 0.000000643. The van der Waals surface area contributed by atoms with Crippen molar-refractivity contribution in [1.29, 1.82) is 0 Å². The number of benzene rings is 2. The molecule has 6 rings (SSSR count). The highest BCUT2D eigenvalue weighted by molar-refractivity contribution is 7.93. The number of rotatable bonds is 11. The topological polar surface area (TPSA) is 178 Å². The zero-order valence-electron chi connectivity index (χ0n) is 27.9. The number of carbonyl (C=O) groups is 1. The molecule has 13 nitrogen and oxygen atoms in total. The Labute approximate surface area is 300 Å². The Morgan fingerprint density at radius 1 is 1.16 bits per heavy atom. The van der Waals surface area contributed by atoms with Gasteiger partial charge in [0.2, 0.25) is 6.41 Å². The van der Waals surface area contributed by atoms with Crippen molar-refractivity contribution in [2.75, 3.05) is 11.0 Å². The lowest BCUT2D eigenvalue weighted by molar-refractivity contribution is -0.110. The summed E-state index contributed by atoms with van der Waals surface area (Å²) in [4.78, 5) is 16.5. The van der Waals surface area contributed by atoms with E-state index in [9.17, 15) is 26.2 Å². The fraction of sp³-hybridized carbons (Fsp3) is 0.333. The third-order valence-corrected chi connectivity index (χ3v) is 11.2. The molecular formula is C33H34ClF2N9O4S2. The minimum absolute atomic E-state index is 0.0273. The third kappa shape index (κ3) is 8.93. The Bertz CT molecular complexity index is 2230. The molecule has 1 amide bonds. The van der Waals surface area contributed by atoms with E-state index < -0.39 is 43.7 Å². The molecule has 2 aromatic carbocycles. The number of hydrogen-bond acceptors (Lipinski definition) is 9. The quantitative estimate of drug-likeness (QED) is 0.130. The number of carbonyl (C=O) groups excluding carboxylic acids is 1. The summed E-state index contributed by atoms with van der Waals surface area (Å²) in [5, 5.41) is 19.8. The minimum atomic E-state index is -3.39. The summed E-state index contributed by atoms with van der Waals surface area (Å²) in [5.41, 5.74) is 2.52. The molecule has 1 saturated carbocycles. The van der Waals surface area contributed by atoms with E-state index in [4.69, 9.17) is 16.6 Å². The number of H-pyrrole nitrogens is 1. The van der Waals surface area contributed by atoms with Gasteiger partial charge in [-0.3, -0.25) is 14.2 Å². The molecule has 0 radical (unpaired) electrons. The zero-order valence-corrected chi connectivity index (χ0v) is 30.3. The average Bonchev–Trinajstić information content (AvgIpc) is 3.72. The van der Waals surface area contributed by atoms with E-state index in [1.165, 1.54) is 25.3 Å². The maximum Gasteiger partial charge on any atom is 0.207 e. The fourth-order valence-corrected chi connectivity index (χ4v) is 7.65. The van der Waals surface area contributed by atoms with Crippen LogP contribution in [0.3, 0.4) is 0 Å². The van der Waals surface area contributed by atoms with Gasteiger partial charge in [0.1, 0.15) is 33.6 Å². The normalized spacial score (nSPS) is 14.4. The predicted molar refractivity (Wildman–Crippen MR) is 190 cm³/mol. The van der Waals surface area contributed by atoms with Crippen molar-refractivity contribution in [3.8, 4) is 23.0 Å². The molecule has 1 fully saturated rings.